The number of hydrogen-bond acceptors (Lipinski definition) is 2. The summed E-state index contributed by atoms with van der Waals surface area (Å²) in [7, 11) is 1.39. The van der Waals surface area contributed by atoms with Crippen LogP contribution in [0.3, 0.4) is 0 Å². The zero-order valence-corrected chi connectivity index (χ0v) is 13.8. The molecule has 2 aromatic heterocycles. The molecule has 2 aromatic carbocycles. The van der Waals surface area contributed by atoms with E-state index in [1.165, 1.54) is 12.7 Å². The van der Waals surface area contributed by atoms with Crippen LogP contribution in [0.1, 0.15) is 10.4 Å². The second-order valence-corrected chi connectivity index (χ2v) is 5.88. The van der Waals surface area contributed by atoms with Crippen molar-refractivity contribution >= 4 is 11.5 Å². The number of hydrogen-bond donors (Lipinski definition) is 0. The molecule has 2 heterocycles. The fourth-order valence-electron chi connectivity index (χ4n) is 3.07. The minimum Gasteiger partial charge on any atom is -0.465 e. The van der Waals surface area contributed by atoms with E-state index in [0.717, 1.165) is 22.2 Å². The molecule has 4 aromatic rings. The van der Waals surface area contributed by atoms with Gasteiger partial charge in [0.1, 0.15) is 0 Å². The van der Waals surface area contributed by atoms with Gasteiger partial charge in [-0.25, -0.2) is 4.79 Å². The van der Waals surface area contributed by atoms with Crippen molar-refractivity contribution in [2.45, 2.75) is 0 Å². The third-order valence-electron chi connectivity index (χ3n) is 4.36. The number of benzene rings is 2. The summed E-state index contributed by atoms with van der Waals surface area (Å²) in [6.45, 7) is 0. The Morgan fingerprint density at radius 2 is 1.60 bits per heavy atom. The number of carbonyl (C=O) groups is 1. The predicted octanol–water partition coefficient (Wildman–Crippen LogP) is 5.06. The first-order chi connectivity index (χ1) is 12.3. The Labute approximate surface area is 146 Å². The second kappa shape index (κ2) is 6.29. The molecular formula is C22H17NO2. The summed E-state index contributed by atoms with van der Waals surface area (Å²) in [5.74, 6) is -0.322. The predicted molar refractivity (Wildman–Crippen MR) is 99.6 cm³/mol. The van der Waals surface area contributed by atoms with Crippen molar-refractivity contribution in [3.8, 4) is 22.3 Å². The van der Waals surface area contributed by atoms with Crippen LogP contribution in [0.2, 0.25) is 0 Å². The number of nitrogens with zero attached hydrogens (tertiary/aromatic N) is 1. The first kappa shape index (κ1) is 15.2. The topological polar surface area (TPSA) is 30.7 Å². The Hall–Kier alpha value is -3.33. The number of ether oxygens (including phenoxy) is 1. The summed E-state index contributed by atoms with van der Waals surface area (Å²) in [6.07, 6.45) is 4.19. The van der Waals surface area contributed by atoms with Crippen LogP contribution in [0.25, 0.3) is 27.8 Å². The molecular weight excluding hydrogens is 310 g/mol. The van der Waals surface area contributed by atoms with Gasteiger partial charge in [-0.2, -0.15) is 0 Å². The Bertz CT molecular complexity index is 1030. The molecule has 0 saturated carbocycles. The van der Waals surface area contributed by atoms with Gasteiger partial charge in [0, 0.05) is 18.0 Å². The summed E-state index contributed by atoms with van der Waals surface area (Å²) in [5.41, 5.74) is 6.20. The lowest BCUT2D eigenvalue weighted by atomic mass is 9.99. The SMILES string of the molecule is COC(=O)c1ccc(-c2cc(-c3ccccc3)cn3cccc23)cc1. The average molecular weight is 327 g/mol. The highest BCUT2D eigenvalue weighted by Gasteiger charge is 2.10. The number of aromatic nitrogens is 1. The Morgan fingerprint density at radius 1 is 0.840 bits per heavy atom. The third-order valence-corrected chi connectivity index (χ3v) is 4.36. The van der Waals surface area contributed by atoms with E-state index in [4.69, 9.17) is 4.74 Å². The largest absolute Gasteiger partial charge is 0.465 e. The van der Waals surface area contributed by atoms with Crippen molar-refractivity contribution in [2.75, 3.05) is 7.11 Å². The van der Waals surface area contributed by atoms with E-state index >= 15 is 0 Å². The van der Waals surface area contributed by atoms with Gasteiger partial charge < -0.3 is 9.14 Å². The molecule has 0 N–H and O–H groups in total. The number of rotatable bonds is 3. The quantitative estimate of drug-likeness (QED) is 0.492. The molecule has 0 aliphatic rings. The van der Waals surface area contributed by atoms with Crippen molar-refractivity contribution < 1.29 is 9.53 Å². The maximum Gasteiger partial charge on any atom is 0.337 e. The zero-order valence-electron chi connectivity index (χ0n) is 13.8. The monoisotopic (exact) mass is 327 g/mol. The molecule has 0 amide bonds. The average Bonchev–Trinajstić information content (AvgIpc) is 3.16. The molecule has 0 atom stereocenters. The summed E-state index contributed by atoms with van der Waals surface area (Å²) in [4.78, 5) is 11.6. The van der Waals surface area contributed by atoms with E-state index in [-0.39, 0.29) is 5.97 Å². The van der Waals surface area contributed by atoms with Gasteiger partial charge in [-0.3, -0.25) is 0 Å². The summed E-state index contributed by atoms with van der Waals surface area (Å²) < 4.78 is 6.90. The van der Waals surface area contributed by atoms with Crippen molar-refractivity contribution in [1.29, 1.82) is 0 Å². The van der Waals surface area contributed by atoms with E-state index in [2.05, 4.69) is 34.9 Å². The lowest BCUT2D eigenvalue weighted by molar-refractivity contribution is 0.0601. The number of carbonyl (C=O) groups excluding carboxylic acids is 1. The number of methoxy groups -OCH3 is 1. The van der Waals surface area contributed by atoms with Gasteiger partial charge in [0.25, 0.3) is 0 Å². The molecule has 4 rings (SSSR count). The number of esters is 1. The molecule has 122 valence electrons. The molecule has 3 nitrogen and oxygen atoms in total. The highest BCUT2D eigenvalue weighted by Crippen LogP contribution is 2.31. The summed E-state index contributed by atoms with van der Waals surface area (Å²) >= 11 is 0. The molecule has 0 fully saturated rings. The van der Waals surface area contributed by atoms with Crippen LogP contribution in [0, 0.1) is 0 Å². The molecule has 0 bridgehead atoms. The minimum atomic E-state index is -0.322. The molecule has 3 heteroatoms. The third kappa shape index (κ3) is 2.81. The fraction of sp³-hybridized carbons (Fsp3) is 0.0455. The standard InChI is InChI=1S/C22H17NO2/c1-25-22(24)18-11-9-17(10-12-18)20-14-19(16-6-3-2-4-7-16)15-23-13-5-8-21(20)23/h2-15H,1H3. The second-order valence-electron chi connectivity index (χ2n) is 5.88. The van der Waals surface area contributed by atoms with Gasteiger partial charge in [0.15, 0.2) is 0 Å². The fourth-order valence-corrected chi connectivity index (χ4v) is 3.07. The van der Waals surface area contributed by atoms with E-state index in [9.17, 15) is 4.79 Å². The van der Waals surface area contributed by atoms with Crippen LogP contribution in [-0.2, 0) is 4.74 Å². The van der Waals surface area contributed by atoms with Gasteiger partial charge in [0.05, 0.1) is 18.2 Å². The van der Waals surface area contributed by atoms with Crippen molar-refractivity contribution in [2.24, 2.45) is 0 Å². The van der Waals surface area contributed by atoms with Crippen LogP contribution < -0.4 is 0 Å². The molecule has 0 unspecified atom stereocenters. The van der Waals surface area contributed by atoms with Crippen LogP contribution in [0.5, 0.6) is 0 Å². The van der Waals surface area contributed by atoms with E-state index in [1.807, 2.05) is 42.6 Å². The maximum atomic E-state index is 11.6. The smallest absolute Gasteiger partial charge is 0.337 e. The van der Waals surface area contributed by atoms with Crippen LogP contribution in [0.15, 0.2) is 85.2 Å². The van der Waals surface area contributed by atoms with Crippen molar-refractivity contribution in [1.82, 2.24) is 4.40 Å². The number of fused-ring (bicyclic) bond motifs is 1. The Balaban J connectivity index is 1.86. The highest BCUT2D eigenvalue weighted by atomic mass is 16.5. The zero-order chi connectivity index (χ0) is 17.2. The Kier molecular flexibility index (Phi) is 3.82. The maximum absolute atomic E-state index is 11.6. The van der Waals surface area contributed by atoms with Gasteiger partial charge in [-0.05, 0) is 47.0 Å². The molecule has 0 aliphatic heterocycles. The molecule has 0 saturated heterocycles. The first-order valence-electron chi connectivity index (χ1n) is 8.11. The van der Waals surface area contributed by atoms with E-state index in [1.54, 1.807) is 12.1 Å². The van der Waals surface area contributed by atoms with E-state index in [0.29, 0.717) is 5.56 Å². The minimum absolute atomic E-state index is 0.322. The molecule has 0 radical (unpaired) electrons. The normalized spacial score (nSPS) is 10.8. The first-order valence-corrected chi connectivity index (χ1v) is 8.11. The number of pyridine rings is 1. The van der Waals surface area contributed by atoms with Gasteiger partial charge in [-0.1, -0.05) is 42.5 Å². The molecule has 25 heavy (non-hydrogen) atoms. The van der Waals surface area contributed by atoms with Crippen LogP contribution in [-0.4, -0.2) is 17.5 Å². The van der Waals surface area contributed by atoms with Gasteiger partial charge >= 0.3 is 5.97 Å². The van der Waals surface area contributed by atoms with Crippen LogP contribution >= 0.6 is 0 Å². The highest BCUT2D eigenvalue weighted by molar-refractivity contribution is 5.91. The van der Waals surface area contributed by atoms with E-state index < -0.39 is 0 Å². The van der Waals surface area contributed by atoms with Crippen molar-refractivity contribution in [3.63, 3.8) is 0 Å². The summed E-state index contributed by atoms with van der Waals surface area (Å²) in [6, 6.07) is 24.2. The molecule has 0 aliphatic carbocycles. The lowest BCUT2D eigenvalue weighted by Gasteiger charge is -2.10. The van der Waals surface area contributed by atoms with Gasteiger partial charge in [0.2, 0.25) is 0 Å². The summed E-state index contributed by atoms with van der Waals surface area (Å²) in [5, 5.41) is 0. The lowest BCUT2D eigenvalue weighted by Crippen LogP contribution is -2.00. The van der Waals surface area contributed by atoms with Gasteiger partial charge in [-0.15, -0.1) is 0 Å². The van der Waals surface area contributed by atoms with Crippen LogP contribution in [0.4, 0.5) is 0 Å². The molecule has 0 spiro atoms. The van der Waals surface area contributed by atoms with Crippen molar-refractivity contribution in [3.05, 3.63) is 90.8 Å². The Morgan fingerprint density at radius 3 is 2.32 bits per heavy atom.